The van der Waals surface area contributed by atoms with E-state index in [0.717, 1.165) is 25.0 Å². The number of hydrogen-bond acceptors (Lipinski definition) is 2. The number of carbonyl (C=O) groups is 1. The van der Waals surface area contributed by atoms with Crippen LogP contribution in [0.15, 0.2) is 30.4 Å². The van der Waals surface area contributed by atoms with Crippen molar-refractivity contribution in [1.29, 1.82) is 0 Å². The molecule has 1 fully saturated rings. The van der Waals surface area contributed by atoms with E-state index in [1.54, 1.807) is 7.11 Å². The van der Waals surface area contributed by atoms with Crippen molar-refractivity contribution >= 4 is 5.78 Å². The molecule has 2 nitrogen and oxygen atoms in total. The summed E-state index contributed by atoms with van der Waals surface area (Å²) in [4.78, 5) is 12.7. The Kier molecular flexibility index (Phi) is 2.21. The topological polar surface area (TPSA) is 26.3 Å². The molecule has 19 heavy (non-hydrogen) atoms. The van der Waals surface area contributed by atoms with Crippen LogP contribution in [-0.2, 0) is 16.6 Å². The first-order valence-corrected chi connectivity index (χ1v) is 7.13. The van der Waals surface area contributed by atoms with Crippen molar-refractivity contribution in [1.82, 2.24) is 0 Å². The number of allylic oxidation sites excluding steroid dienone is 2. The minimum Gasteiger partial charge on any atom is -0.496 e. The van der Waals surface area contributed by atoms with E-state index in [-0.39, 0.29) is 5.41 Å². The van der Waals surface area contributed by atoms with Crippen LogP contribution in [-0.4, -0.2) is 12.9 Å². The maximum Gasteiger partial charge on any atom is 0.144 e. The van der Waals surface area contributed by atoms with Crippen LogP contribution in [0.2, 0.25) is 0 Å². The van der Waals surface area contributed by atoms with E-state index in [1.165, 1.54) is 11.1 Å². The lowest BCUT2D eigenvalue weighted by molar-refractivity contribution is -0.126. The van der Waals surface area contributed by atoms with Gasteiger partial charge in [-0.3, -0.25) is 4.79 Å². The molecule has 0 aliphatic heterocycles. The Bertz CT molecular complexity index is 587. The molecule has 0 amide bonds. The maximum atomic E-state index is 12.7. The number of methoxy groups -OCH3 is 1. The number of Topliss-reactive ketones (excluding diaryl/α,β-unsaturated/α-hetero) is 1. The summed E-state index contributed by atoms with van der Waals surface area (Å²) in [6.45, 7) is 0. The molecule has 0 heterocycles. The van der Waals surface area contributed by atoms with E-state index in [4.69, 9.17) is 4.74 Å². The van der Waals surface area contributed by atoms with Crippen molar-refractivity contribution in [3.8, 4) is 5.75 Å². The summed E-state index contributed by atoms with van der Waals surface area (Å²) in [5.41, 5.74) is 2.28. The largest absolute Gasteiger partial charge is 0.496 e. The van der Waals surface area contributed by atoms with Gasteiger partial charge in [0.25, 0.3) is 0 Å². The lowest BCUT2D eigenvalue weighted by Crippen LogP contribution is -2.43. The quantitative estimate of drug-likeness (QED) is 0.720. The molecule has 3 aliphatic rings. The first-order chi connectivity index (χ1) is 9.25. The van der Waals surface area contributed by atoms with Crippen LogP contribution in [0.3, 0.4) is 0 Å². The summed E-state index contributed by atoms with van der Waals surface area (Å²) in [5, 5.41) is 0. The molecule has 1 aromatic rings. The standard InChI is InChI=1S/C17H18O2/c1-19-15-4-2-3-14-13(15)7-8-16(18)17(14)10-11-5-6-12(17)9-11/h2-6,11-12H,7-10H2,1H3. The summed E-state index contributed by atoms with van der Waals surface area (Å²) in [6, 6.07) is 6.21. The second-order valence-electron chi connectivity index (χ2n) is 6.07. The molecule has 0 radical (unpaired) electrons. The van der Waals surface area contributed by atoms with Gasteiger partial charge in [0.1, 0.15) is 11.5 Å². The van der Waals surface area contributed by atoms with Gasteiger partial charge in [-0.1, -0.05) is 24.3 Å². The van der Waals surface area contributed by atoms with Gasteiger partial charge in [-0.15, -0.1) is 0 Å². The molecule has 0 aromatic heterocycles. The highest BCUT2D eigenvalue weighted by Crippen LogP contribution is 2.57. The van der Waals surface area contributed by atoms with Gasteiger partial charge in [-0.05, 0) is 48.3 Å². The zero-order valence-corrected chi connectivity index (χ0v) is 11.2. The van der Waals surface area contributed by atoms with E-state index >= 15 is 0 Å². The Morgan fingerprint density at radius 1 is 1.26 bits per heavy atom. The number of ketones is 1. The van der Waals surface area contributed by atoms with Crippen molar-refractivity contribution in [2.24, 2.45) is 11.8 Å². The van der Waals surface area contributed by atoms with Crippen LogP contribution in [0.25, 0.3) is 0 Å². The molecule has 3 aliphatic carbocycles. The Labute approximate surface area is 113 Å². The monoisotopic (exact) mass is 254 g/mol. The Morgan fingerprint density at radius 3 is 2.84 bits per heavy atom. The van der Waals surface area contributed by atoms with Crippen molar-refractivity contribution in [2.45, 2.75) is 31.1 Å². The average Bonchev–Trinajstić information content (AvgIpc) is 3.04. The zero-order chi connectivity index (χ0) is 13.0. The molecule has 2 heteroatoms. The average molecular weight is 254 g/mol. The molecule has 4 rings (SSSR count). The summed E-state index contributed by atoms with van der Waals surface area (Å²) in [6.07, 6.45) is 8.25. The van der Waals surface area contributed by atoms with Gasteiger partial charge in [-0.25, -0.2) is 0 Å². The summed E-state index contributed by atoms with van der Waals surface area (Å²) >= 11 is 0. The first-order valence-electron chi connectivity index (χ1n) is 7.13. The molecule has 3 atom stereocenters. The van der Waals surface area contributed by atoms with Gasteiger partial charge in [0.15, 0.2) is 0 Å². The van der Waals surface area contributed by atoms with Crippen LogP contribution in [0.4, 0.5) is 0 Å². The van der Waals surface area contributed by atoms with Crippen molar-refractivity contribution in [3.63, 3.8) is 0 Å². The SMILES string of the molecule is COc1cccc2c1CCC(=O)C21CC2C=CC1C2. The summed E-state index contributed by atoms with van der Waals surface area (Å²) in [7, 11) is 1.72. The van der Waals surface area contributed by atoms with Crippen molar-refractivity contribution in [2.75, 3.05) is 7.11 Å². The molecule has 2 bridgehead atoms. The number of rotatable bonds is 1. The Morgan fingerprint density at radius 2 is 2.16 bits per heavy atom. The third-order valence-electron chi connectivity index (χ3n) is 5.32. The van der Waals surface area contributed by atoms with E-state index in [2.05, 4.69) is 18.2 Å². The normalized spacial score (nSPS) is 34.9. The van der Waals surface area contributed by atoms with Crippen molar-refractivity contribution in [3.05, 3.63) is 41.5 Å². The fourth-order valence-corrected chi connectivity index (χ4v) is 4.53. The fourth-order valence-electron chi connectivity index (χ4n) is 4.53. The minimum absolute atomic E-state index is 0.235. The third-order valence-corrected chi connectivity index (χ3v) is 5.32. The highest BCUT2D eigenvalue weighted by atomic mass is 16.5. The molecule has 3 unspecified atom stereocenters. The molecule has 0 saturated heterocycles. The lowest BCUT2D eigenvalue weighted by Gasteiger charge is -2.39. The fraction of sp³-hybridized carbons (Fsp3) is 0.471. The molecular formula is C17H18O2. The van der Waals surface area contributed by atoms with Crippen LogP contribution in [0.1, 0.15) is 30.4 Å². The number of fused-ring (bicyclic) bond motifs is 5. The summed E-state index contributed by atoms with van der Waals surface area (Å²) in [5.74, 6) is 2.42. The highest BCUT2D eigenvalue weighted by molar-refractivity contribution is 5.94. The number of ether oxygens (including phenoxy) is 1. The molecule has 1 saturated carbocycles. The molecule has 1 aromatic carbocycles. The van der Waals surface area contributed by atoms with Gasteiger partial charge in [0.2, 0.25) is 0 Å². The zero-order valence-electron chi connectivity index (χ0n) is 11.2. The van der Waals surface area contributed by atoms with E-state index in [0.29, 0.717) is 24.0 Å². The number of carbonyl (C=O) groups excluding carboxylic acids is 1. The minimum atomic E-state index is -0.235. The van der Waals surface area contributed by atoms with Gasteiger partial charge < -0.3 is 4.74 Å². The molecule has 98 valence electrons. The van der Waals surface area contributed by atoms with Crippen molar-refractivity contribution < 1.29 is 9.53 Å². The molecule has 1 spiro atoms. The summed E-state index contributed by atoms with van der Waals surface area (Å²) < 4.78 is 5.50. The predicted octanol–water partition coefficient (Wildman–Crippen LogP) is 3.04. The second kappa shape index (κ2) is 3.72. The van der Waals surface area contributed by atoms with Gasteiger partial charge in [0.05, 0.1) is 12.5 Å². The van der Waals surface area contributed by atoms with E-state index in [1.807, 2.05) is 12.1 Å². The molecule has 0 N–H and O–H groups in total. The third kappa shape index (κ3) is 1.29. The van der Waals surface area contributed by atoms with Gasteiger partial charge in [-0.2, -0.15) is 0 Å². The first kappa shape index (κ1) is 11.3. The Hall–Kier alpha value is -1.57. The number of benzene rings is 1. The molecular weight excluding hydrogens is 236 g/mol. The van der Waals surface area contributed by atoms with E-state index < -0.39 is 0 Å². The smallest absolute Gasteiger partial charge is 0.144 e. The highest BCUT2D eigenvalue weighted by Gasteiger charge is 2.56. The maximum absolute atomic E-state index is 12.7. The number of hydrogen-bond donors (Lipinski definition) is 0. The lowest BCUT2D eigenvalue weighted by atomic mass is 9.62. The van der Waals surface area contributed by atoms with Crippen LogP contribution >= 0.6 is 0 Å². The van der Waals surface area contributed by atoms with E-state index in [9.17, 15) is 4.79 Å². The van der Waals surface area contributed by atoms with Gasteiger partial charge >= 0.3 is 0 Å². The van der Waals surface area contributed by atoms with Crippen LogP contribution in [0, 0.1) is 11.8 Å². The second-order valence-corrected chi connectivity index (χ2v) is 6.07. The van der Waals surface area contributed by atoms with Gasteiger partial charge in [0, 0.05) is 6.42 Å². The Balaban J connectivity index is 1.94. The van der Waals surface area contributed by atoms with Crippen LogP contribution < -0.4 is 4.74 Å². The predicted molar refractivity (Wildman–Crippen MR) is 73.4 cm³/mol. The van der Waals surface area contributed by atoms with Crippen LogP contribution in [0.5, 0.6) is 5.75 Å².